The van der Waals surface area contributed by atoms with E-state index in [9.17, 15) is 18.3 Å². The third-order valence-corrected chi connectivity index (χ3v) is 2.68. The van der Waals surface area contributed by atoms with Gasteiger partial charge in [-0.05, 0) is 25.0 Å². The Labute approximate surface area is 104 Å². The average molecular weight is 262 g/mol. The third kappa shape index (κ3) is 4.66. The molecule has 0 bridgehead atoms. The van der Waals surface area contributed by atoms with Crippen LogP contribution in [0.25, 0.3) is 0 Å². The smallest absolute Gasteiger partial charge is 0.390 e. The summed E-state index contributed by atoms with van der Waals surface area (Å²) in [7, 11) is 1.51. The van der Waals surface area contributed by atoms with E-state index in [0.717, 1.165) is 12.1 Å². The summed E-state index contributed by atoms with van der Waals surface area (Å²) in [5.74, 6) is 0. The zero-order valence-corrected chi connectivity index (χ0v) is 10.4. The minimum absolute atomic E-state index is 0.167. The molecule has 0 aliphatic carbocycles. The van der Waals surface area contributed by atoms with Crippen LogP contribution in [0.2, 0.25) is 0 Å². The highest BCUT2D eigenvalue weighted by Gasteiger charge is 2.31. The first kappa shape index (κ1) is 15.0. The van der Waals surface area contributed by atoms with Crippen LogP contribution in [0.15, 0.2) is 24.3 Å². The van der Waals surface area contributed by atoms with Crippen LogP contribution >= 0.6 is 0 Å². The molecule has 102 valence electrons. The summed E-state index contributed by atoms with van der Waals surface area (Å²) in [6, 6.07) is 5.02. The van der Waals surface area contributed by atoms with Crippen molar-refractivity contribution in [1.82, 2.24) is 0 Å². The predicted molar refractivity (Wildman–Crippen MR) is 62.3 cm³/mol. The van der Waals surface area contributed by atoms with E-state index in [1.807, 2.05) is 0 Å². The molecule has 2 nitrogen and oxygen atoms in total. The normalized spacial score (nSPS) is 15.4. The van der Waals surface area contributed by atoms with Crippen LogP contribution in [0, 0.1) is 0 Å². The second kappa shape index (κ2) is 5.71. The fourth-order valence-electron chi connectivity index (χ4n) is 1.71. The molecule has 0 saturated heterocycles. The van der Waals surface area contributed by atoms with Gasteiger partial charge in [0.05, 0.1) is 11.2 Å². The van der Waals surface area contributed by atoms with Gasteiger partial charge >= 0.3 is 6.18 Å². The number of benzene rings is 1. The zero-order chi connectivity index (χ0) is 13.8. The predicted octanol–water partition coefficient (Wildman–Crippen LogP) is 3.04. The second-order valence-electron chi connectivity index (χ2n) is 4.61. The average Bonchev–Trinajstić information content (AvgIpc) is 2.25. The van der Waals surface area contributed by atoms with Gasteiger partial charge in [-0.2, -0.15) is 13.2 Å². The number of hydrogen-bond acceptors (Lipinski definition) is 2. The van der Waals surface area contributed by atoms with E-state index in [2.05, 4.69) is 0 Å². The Morgan fingerprint density at radius 2 is 1.94 bits per heavy atom. The van der Waals surface area contributed by atoms with Gasteiger partial charge in [0.2, 0.25) is 0 Å². The van der Waals surface area contributed by atoms with Gasteiger partial charge in [0.1, 0.15) is 0 Å². The first-order valence-electron chi connectivity index (χ1n) is 5.62. The number of ether oxygens (including phenoxy) is 1. The van der Waals surface area contributed by atoms with Crippen LogP contribution in [0.3, 0.4) is 0 Å². The largest absolute Gasteiger partial charge is 0.416 e. The van der Waals surface area contributed by atoms with Gasteiger partial charge < -0.3 is 9.84 Å². The quantitative estimate of drug-likeness (QED) is 0.883. The summed E-state index contributed by atoms with van der Waals surface area (Å²) in [6.07, 6.45) is -3.81. The van der Waals surface area contributed by atoms with Gasteiger partial charge in [-0.25, -0.2) is 0 Å². The maximum absolute atomic E-state index is 12.5. The Hall–Kier alpha value is -1.07. The van der Waals surface area contributed by atoms with Crippen LogP contribution in [0.4, 0.5) is 13.2 Å². The number of aliphatic hydroxyl groups is 1. The lowest BCUT2D eigenvalue weighted by atomic mass is 9.93. The van der Waals surface area contributed by atoms with Crippen molar-refractivity contribution in [3.63, 3.8) is 0 Å². The number of rotatable bonds is 5. The van der Waals surface area contributed by atoms with Crippen LogP contribution in [-0.4, -0.2) is 24.4 Å². The maximum Gasteiger partial charge on any atom is 0.416 e. The molecule has 18 heavy (non-hydrogen) atoms. The molecule has 0 aromatic heterocycles. The molecule has 0 heterocycles. The summed E-state index contributed by atoms with van der Waals surface area (Å²) in [5, 5.41) is 10.0. The highest BCUT2D eigenvalue weighted by molar-refractivity contribution is 5.26. The summed E-state index contributed by atoms with van der Waals surface area (Å²) < 4.78 is 42.4. The van der Waals surface area contributed by atoms with E-state index in [4.69, 9.17) is 4.74 Å². The van der Waals surface area contributed by atoms with Crippen molar-refractivity contribution in [2.45, 2.75) is 31.5 Å². The van der Waals surface area contributed by atoms with E-state index in [-0.39, 0.29) is 6.42 Å². The molecule has 0 fully saturated rings. The van der Waals surface area contributed by atoms with Crippen LogP contribution < -0.4 is 0 Å². The summed E-state index contributed by atoms with van der Waals surface area (Å²) in [6.45, 7) is 1.96. The molecule has 1 aromatic rings. The maximum atomic E-state index is 12.5. The Bertz CT molecular complexity index is 386. The molecule has 1 N–H and O–H groups in total. The van der Waals surface area contributed by atoms with Gasteiger partial charge in [0, 0.05) is 20.1 Å². The van der Waals surface area contributed by atoms with E-state index < -0.39 is 17.3 Å². The fraction of sp³-hybridized carbons (Fsp3) is 0.538. The first-order valence-corrected chi connectivity index (χ1v) is 5.62. The molecule has 1 atom stereocenters. The van der Waals surface area contributed by atoms with Crippen LogP contribution in [0.1, 0.15) is 24.5 Å². The van der Waals surface area contributed by atoms with Crippen molar-refractivity contribution >= 4 is 0 Å². The van der Waals surface area contributed by atoms with Gasteiger partial charge in [-0.1, -0.05) is 18.2 Å². The number of alkyl halides is 3. The lowest BCUT2D eigenvalue weighted by molar-refractivity contribution is -0.137. The summed E-state index contributed by atoms with van der Waals surface area (Å²) >= 11 is 0. The van der Waals surface area contributed by atoms with Crippen molar-refractivity contribution < 1.29 is 23.0 Å². The molecule has 0 aliphatic heterocycles. The minimum Gasteiger partial charge on any atom is -0.390 e. The van der Waals surface area contributed by atoms with E-state index >= 15 is 0 Å². The number of halogens is 3. The van der Waals surface area contributed by atoms with Gasteiger partial charge in [-0.3, -0.25) is 0 Å². The highest BCUT2D eigenvalue weighted by atomic mass is 19.4. The Kier molecular flexibility index (Phi) is 4.76. The molecular formula is C13H17F3O2. The van der Waals surface area contributed by atoms with Crippen molar-refractivity contribution in [2.24, 2.45) is 0 Å². The Morgan fingerprint density at radius 1 is 1.28 bits per heavy atom. The summed E-state index contributed by atoms with van der Waals surface area (Å²) in [5.41, 5.74) is -1.30. The van der Waals surface area contributed by atoms with Crippen molar-refractivity contribution in [3.8, 4) is 0 Å². The second-order valence-corrected chi connectivity index (χ2v) is 4.61. The van der Waals surface area contributed by atoms with Gasteiger partial charge in [-0.15, -0.1) is 0 Å². The molecule has 1 aromatic carbocycles. The lowest BCUT2D eigenvalue weighted by Crippen LogP contribution is -2.29. The summed E-state index contributed by atoms with van der Waals surface area (Å²) in [4.78, 5) is 0. The number of methoxy groups -OCH3 is 1. The minimum atomic E-state index is -4.35. The van der Waals surface area contributed by atoms with Crippen molar-refractivity contribution in [2.75, 3.05) is 13.7 Å². The van der Waals surface area contributed by atoms with Crippen LogP contribution in [-0.2, 0) is 17.3 Å². The molecule has 0 amide bonds. The molecule has 0 saturated carbocycles. The van der Waals surface area contributed by atoms with E-state index in [0.29, 0.717) is 18.6 Å². The molecule has 0 spiro atoms. The molecule has 5 heteroatoms. The number of hydrogen-bond donors (Lipinski definition) is 1. The third-order valence-electron chi connectivity index (χ3n) is 2.68. The van der Waals surface area contributed by atoms with Gasteiger partial charge in [0.15, 0.2) is 0 Å². The van der Waals surface area contributed by atoms with Crippen LogP contribution in [0.5, 0.6) is 0 Å². The SMILES string of the molecule is COCCC(C)(O)Cc1cccc(C(F)(F)F)c1. The van der Waals surface area contributed by atoms with E-state index in [1.165, 1.54) is 13.2 Å². The topological polar surface area (TPSA) is 29.5 Å². The Morgan fingerprint density at radius 3 is 2.50 bits per heavy atom. The molecule has 0 radical (unpaired) electrons. The zero-order valence-electron chi connectivity index (χ0n) is 10.4. The van der Waals surface area contributed by atoms with Gasteiger partial charge in [0.25, 0.3) is 0 Å². The molecule has 1 rings (SSSR count). The lowest BCUT2D eigenvalue weighted by Gasteiger charge is -2.23. The molecule has 0 aliphatic rings. The fourth-order valence-corrected chi connectivity index (χ4v) is 1.71. The first-order chi connectivity index (χ1) is 8.24. The van der Waals surface area contributed by atoms with Crippen molar-refractivity contribution in [3.05, 3.63) is 35.4 Å². The standard InChI is InChI=1S/C13H17F3O2/c1-12(17,6-7-18-2)9-10-4-3-5-11(8-10)13(14,15)16/h3-5,8,17H,6-7,9H2,1-2H3. The van der Waals surface area contributed by atoms with Crippen molar-refractivity contribution in [1.29, 1.82) is 0 Å². The monoisotopic (exact) mass is 262 g/mol. The highest BCUT2D eigenvalue weighted by Crippen LogP contribution is 2.30. The van der Waals surface area contributed by atoms with E-state index in [1.54, 1.807) is 13.0 Å². The molecule has 1 unspecified atom stereocenters. The molecular weight excluding hydrogens is 245 g/mol. The Balaban J connectivity index is 2.79.